The minimum atomic E-state index is -1.48. The van der Waals surface area contributed by atoms with E-state index in [-0.39, 0.29) is 0 Å². The van der Waals surface area contributed by atoms with E-state index in [0.717, 1.165) is 10.9 Å². The zero-order valence-corrected chi connectivity index (χ0v) is 8.79. The Bertz CT molecular complexity index is 597. The third kappa shape index (κ3) is 1.86. The summed E-state index contributed by atoms with van der Waals surface area (Å²) < 4.78 is 0. The summed E-state index contributed by atoms with van der Waals surface area (Å²) in [6, 6.07) is 5.74. The summed E-state index contributed by atoms with van der Waals surface area (Å²) in [6.07, 6.45) is 0.206. The number of carboxylic acids is 1. The highest BCUT2D eigenvalue weighted by molar-refractivity contribution is 5.85. The van der Waals surface area contributed by atoms with E-state index in [4.69, 9.17) is 11.7 Å². The van der Waals surface area contributed by atoms with Crippen molar-refractivity contribution in [1.29, 1.82) is 0 Å². The molecule has 1 aromatic carbocycles. The zero-order chi connectivity index (χ0) is 12.4. The molecule has 5 nitrogen and oxygen atoms in total. The molecule has 0 amide bonds. The molecule has 0 saturated carbocycles. The van der Waals surface area contributed by atoms with Crippen LogP contribution in [0.25, 0.3) is 15.7 Å². The molecule has 5 heteroatoms. The number of aromatic nitrogens is 1. The molecule has 0 radical (unpaired) electrons. The summed E-state index contributed by atoms with van der Waals surface area (Å²) in [4.78, 5) is 16.7. The van der Waals surface area contributed by atoms with Gasteiger partial charge in [0.25, 0.3) is 0 Å². The maximum Gasteiger partial charge on any atom is 0.391 e. The number of aliphatic hydroxyl groups excluding tert-OH is 1. The lowest BCUT2D eigenvalue weighted by atomic mass is 10.0. The number of carbonyl (C=O) groups is 1. The Hall–Kier alpha value is -2.32. The lowest BCUT2D eigenvalue weighted by molar-refractivity contribution is -0.139. The summed E-state index contributed by atoms with van der Waals surface area (Å²) in [7, 11) is 0. The summed E-state index contributed by atoms with van der Waals surface area (Å²) >= 11 is 0. The van der Waals surface area contributed by atoms with Gasteiger partial charge in [-0.2, -0.15) is 0 Å². The fourth-order valence-electron chi connectivity index (χ4n) is 1.77. The van der Waals surface area contributed by atoms with Gasteiger partial charge >= 0.3 is 12.0 Å². The van der Waals surface area contributed by atoms with Gasteiger partial charge in [0, 0.05) is 22.7 Å². The lowest BCUT2D eigenvalue weighted by Crippen LogP contribution is -2.24. The first-order valence-electron chi connectivity index (χ1n) is 4.98. The highest BCUT2D eigenvalue weighted by Gasteiger charge is 2.34. The average Bonchev–Trinajstić information content (AvgIpc) is 2.72. The number of nitrogens with zero attached hydrogens (tertiary/aromatic N) is 1. The Kier molecular flexibility index (Phi) is 2.81. The Labute approximate surface area is 97.1 Å². The number of aliphatic hydroxyl groups is 1. The highest BCUT2D eigenvalue weighted by Crippen LogP contribution is 2.27. The van der Waals surface area contributed by atoms with Crippen LogP contribution in [-0.2, 0) is 4.79 Å². The third-order valence-electron chi connectivity index (χ3n) is 2.63. The van der Waals surface area contributed by atoms with Crippen molar-refractivity contribution in [1.82, 2.24) is 4.98 Å². The maximum atomic E-state index is 10.8. The van der Waals surface area contributed by atoms with Crippen molar-refractivity contribution in [2.24, 2.45) is 0 Å². The standard InChI is InChI=1S/C12H10N2O3/c1-13-10(12(16)17)11(15)8-6-14-9-5-3-2-4-7(8)9/h2-6,10-11,14-15H,(H,16,17)/t10-,11+/m0/s1. The molecule has 0 aliphatic heterocycles. The van der Waals surface area contributed by atoms with Gasteiger partial charge < -0.3 is 15.2 Å². The smallest absolute Gasteiger partial charge is 0.391 e. The van der Waals surface area contributed by atoms with Gasteiger partial charge in [-0.05, 0) is 6.07 Å². The molecule has 0 unspecified atom stereocenters. The van der Waals surface area contributed by atoms with Crippen molar-refractivity contribution in [2.45, 2.75) is 12.1 Å². The number of nitrogens with one attached hydrogen (secondary N) is 1. The predicted molar refractivity (Wildman–Crippen MR) is 61.3 cm³/mol. The van der Waals surface area contributed by atoms with Crippen molar-refractivity contribution in [2.75, 3.05) is 0 Å². The number of carboxylic acid groups (broad SMARTS) is 1. The molecule has 2 aromatic rings. The van der Waals surface area contributed by atoms with Crippen LogP contribution in [0.15, 0.2) is 30.5 Å². The highest BCUT2D eigenvalue weighted by atomic mass is 16.4. The van der Waals surface area contributed by atoms with E-state index in [1.165, 1.54) is 6.20 Å². The first-order valence-corrected chi connectivity index (χ1v) is 4.98. The molecule has 0 aliphatic rings. The molecule has 0 spiro atoms. The fourth-order valence-corrected chi connectivity index (χ4v) is 1.77. The van der Waals surface area contributed by atoms with Crippen molar-refractivity contribution in [3.63, 3.8) is 0 Å². The first-order chi connectivity index (χ1) is 8.15. The summed E-state index contributed by atoms with van der Waals surface area (Å²) in [6.45, 7) is 6.81. The van der Waals surface area contributed by atoms with Gasteiger partial charge in [0.05, 0.1) is 0 Å². The quantitative estimate of drug-likeness (QED) is 0.700. The number of benzene rings is 1. The van der Waals surface area contributed by atoms with Crippen molar-refractivity contribution < 1.29 is 15.0 Å². The Balaban J connectivity index is 2.47. The Morgan fingerprint density at radius 1 is 1.41 bits per heavy atom. The number of hydrogen-bond donors (Lipinski definition) is 3. The molecule has 0 aliphatic carbocycles. The van der Waals surface area contributed by atoms with Crippen molar-refractivity contribution in [3.8, 4) is 0 Å². The molecule has 2 atom stereocenters. The minimum absolute atomic E-state index is 0.434. The van der Waals surface area contributed by atoms with Crippen LogP contribution < -0.4 is 0 Å². The van der Waals surface area contributed by atoms with Crippen molar-refractivity contribution in [3.05, 3.63) is 47.4 Å². The van der Waals surface area contributed by atoms with Crippen LogP contribution in [-0.4, -0.2) is 27.2 Å². The number of aromatic amines is 1. The summed E-state index contributed by atoms with van der Waals surface area (Å²) in [5.74, 6) is -1.32. The van der Waals surface area contributed by atoms with Gasteiger partial charge in [-0.25, -0.2) is 11.4 Å². The third-order valence-corrected chi connectivity index (χ3v) is 2.63. The van der Waals surface area contributed by atoms with Gasteiger partial charge in [-0.15, -0.1) is 0 Å². The van der Waals surface area contributed by atoms with Crippen LogP contribution in [0.3, 0.4) is 0 Å². The first kappa shape index (κ1) is 11.2. The monoisotopic (exact) mass is 230 g/mol. The van der Waals surface area contributed by atoms with Crippen LogP contribution in [0.5, 0.6) is 0 Å². The van der Waals surface area contributed by atoms with Gasteiger partial charge in [0.2, 0.25) is 0 Å². The van der Waals surface area contributed by atoms with Crippen LogP contribution >= 0.6 is 0 Å². The van der Waals surface area contributed by atoms with Crippen LogP contribution in [0.1, 0.15) is 11.7 Å². The number of rotatable bonds is 3. The van der Waals surface area contributed by atoms with E-state index >= 15 is 0 Å². The van der Waals surface area contributed by atoms with Gasteiger partial charge in [0.15, 0.2) is 6.10 Å². The molecule has 1 heterocycles. The molecule has 17 heavy (non-hydrogen) atoms. The van der Waals surface area contributed by atoms with E-state index in [9.17, 15) is 9.90 Å². The largest absolute Gasteiger partial charge is 0.475 e. The van der Waals surface area contributed by atoms with Gasteiger partial charge in [0.1, 0.15) is 0 Å². The predicted octanol–water partition coefficient (Wildman–Crippen LogP) is 1.57. The van der Waals surface area contributed by atoms with Gasteiger partial charge in [-0.3, -0.25) is 4.85 Å². The Morgan fingerprint density at radius 2 is 2.12 bits per heavy atom. The second kappa shape index (κ2) is 4.28. The molecule has 86 valence electrons. The second-order valence-electron chi connectivity index (χ2n) is 3.65. The SMILES string of the molecule is [C-]#[N+][C@H](C(=O)O)[C@H](O)c1c[nH]c2ccccc12. The molecule has 0 fully saturated rings. The minimum Gasteiger partial charge on any atom is -0.475 e. The van der Waals surface area contributed by atoms with E-state index in [0.29, 0.717) is 5.56 Å². The fraction of sp³-hybridized carbons (Fsp3) is 0.167. The van der Waals surface area contributed by atoms with Crippen LogP contribution in [0, 0.1) is 6.57 Å². The topological polar surface area (TPSA) is 77.7 Å². The number of hydrogen-bond acceptors (Lipinski definition) is 2. The van der Waals surface area contributed by atoms with Crippen LogP contribution in [0.4, 0.5) is 0 Å². The summed E-state index contributed by atoms with van der Waals surface area (Å²) in [5.41, 5.74) is 1.24. The van der Waals surface area contributed by atoms with E-state index in [1.54, 1.807) is 12.1 Å². The molecular formula is C12H10N2O3. The van der Waals surface area contributed by atoms with E-state index < -0.39 is 18.1 Å². The summed E-state index contributed by atoms with van der Waals surface area (Å²) in [5, 5.41) is 19.5. The second-order valence-corrected chi connectivity index (χ2v) is 3.65. The number of para-hydroxylation sites is 1. The van der Waals surface area contributed by atoms with E-state index in [2.05, 4.69) is 9.83 Å². The normalized spacial score (nSPS) is 14.1. The number of fused-ring (bicyclic) bond motifs is 1. The molecule has 0 saturated heterocycles. The van der Waals surface area contributed by atoms with Crippen LogP contribution in [0.2, 0.25) is 0 Å². The van der Waals surface area contributed by atoms with E-state index in [1.807, 2.05) is 12.1 Å². The zero-order valence-electron chi connectivity index (χ0n) is 8.79. The Morgan fingerprint density at radius 3 is 2.76 bits per heavy atom. The molecular weight excluding hydrogens is 220 g/mol. The number of H-pyrrole nitrogens is 1. The lowest BCUT2D eigenvalue weighted by Gasteiger charge is -2.08. The molecule has 0 bridgehead atoms. The van der Waals surface area contributed by atoms with Crippen molar-refractivity contribution >= 4 is 16.9 Å². The molecule has 1 aromatic heterocycles. The molecule has 2 rings (SSSR count). The maximum absolute atomic E-state index is 10.8. The molecule has 3 N–H and O–H groups in total. The number of aliphatic carboxylic acids is 1. The van der Waals surface area contributed by atoms with Gasteiger partial charge in [-0.1, -0.05) is 18.2 Å². The average molecular weight is 230 g/mol.